The molecule has 0 saturated heterocycles. The van der Waals surface area contributed by atoms with Crippen LogP contribution in [0.1, 0.15) is 42.1 Å². The van der Waals surface area contributed by atoms with Gasteiger partial charge in [0.2, 0.25) is 0 Å². The molecule has 0 N–H and O–H groups in total. The van der Waals surface area contributed by atoms with Crippen LogP contribution >= 0.6 is 0 Å². The minimum Gasteiger partial charge on any atom is -0.369 e. The molecule has 0 saturated carbocycles. The first kappa shape index (κ1) is 17.2. The Morgan fingerprint density at radius 1 is 0.913 bits per heavy atom. The van der Waals surface area contributed by atoms with Crippen LogP contribution in [0, 0.1) is 0 Å². The zero-order chi connectivity index (χ0) is 16.3. The van der Waals surface area contributed by atoms with E-state index in [1.165, 1.54) is 23.1 Å². The quantitative estimate of drug-likeness (QED) is 0.387. The van der Waals surface area contributed by atoms with Crippen molar-refractivity contribution in [2.24, 2.45) is 0 Å². The molecule has 0 aliphatic heterocycles. The van der Waals surface area contributed by atoms with Crippen LogP contribution in [0.2, 0.25) is 0 Å². The van der Waals surface area contributed by atoms with Crippen molar-refractivity contribution in [3.8, 4) is 0 Å². The third kappa shape index (κ3) is 5.88. The molecule has 1 unspecified atom stereocenters. The first-order valence-corrected chi connectivity index (χ1v) is 8.32. The van der Waals surface area contributed by atoms with E-state index >= 15 is 0 Å². The summed E-state index contributed by atoms with van der Waals surface area (Å²) in [4.78, 5) is 0. The Bertz CT molecular complexity index is 583. The Morgan fingerprint density at radius 2 is 1.65 bits per heavy atom. The van der Waals surface area contributed by atoms with Crippen molar-refractivity contribution in [1.29, 1.82) is 0 Å². The van der Waals surface area contributed by atoms with E-state index in [2.05, 4.69) is 61.7 Å². The van der Waals surface area contributed by atoms with Crippen molar-refractivity contribution in [3.05, 3.63) is 90.5 Å². The molecule has 120 valence electrons. The summed E-state index contributed by atoms with van der Waals surface area (Å²) in [6.45, 7) is 8.13. The van der Waals surface area contributed by atoms with Gasteiger partial charge in [-0.1, -0.05) is 79.7 Å². The number of hydrogen-bond donors (Lipinski definition) is 0. The summed E-state index contributed by atoms with van der Waals surface area (Å²) in [6, 6.07) is 19.1. The summed E-state index contributed by atoms with van der Waals surface area (Å²) in [5, 5.41) is 0. The van der Waals surface area contributed by atoms with Crippen molar-refractivity contribution in [2.45, 2.75) is 31.8 Å². The smallest absolute Gasteiger partial charge is 0.0829 e. The van der Waals surface area contributed by atoms with Crippen LogP contribution in [-0.4, -0.2) is 6.61 Å². The first-order valence-electron chi connectivity index (χ1n) is 8.32. The van der Waals surface area contributed by atoms with Gasteiger partial charge in [0.25, 0.3) is 0 Å². The number of benzene rings is 2. The van der Waals surface area contributed by atoms with Gasteiger partial charge in [-0.3, -0.25) is 0 Å². The molecule has 1 atom stereocenters. The average molecular weight is 306 g/mol. The number of unbranched alkanes of at least 4 members (excludes halogenated alkanes) is 1. The first-order chi connectivity index (χ1) is 11.3. The van der Waals surface area contributed by atoms with Gasteiger partial charge in [-0.2, -0.15) is 0 Å². The summed E-state index contributed by atoms with van der Waals surface area (Å²) >= 11 is 0. The van der Waals surface area contributed by atoms with E-state index in [0.717, 1.165) is 19.3 Å². The van der Waals surface area contributed by atoms with Crippen molar-refractivity contribution in [1.82, 2.24) is 0 Å². The Kier molecular flexibility index (Phi) is 7.35. The van der Waals surface area contributed by atoms with Crippen molar-refractivity contribution >= 4 is 6.08 Å². The molecule has 2 rings (SSSR count). The van der Waals surface area contributed by atoms with Crippen molar-refractivity contribution in [2.75, 3.05) is 6.61 Å². The fourth-order valence-electron chi connectivity index (χ4n) is 2.68. The Labute approximate surface area is 140 Å². The summed E-state index contributed by atoms with van der Waals surface area (Å²) in [5.74, 6) is 0. The average Bonchev–Trinajstić information content (AvgIpc) is 2.62. The highest BCUT2D eigenvalue weighted by Crippen LogP contribution is 2.24. The zero-order valence-corrected chi connectivity index (χ0v) is 13.8. The van der Waals surface area contributed by atoms with E-state index in [9.17, 15) is 0 Å². The second-order valence-corrected chi connectivity index (χ2v) is 5.71. The fourth-order valence-corrected chi connectivity index (χ4v) is 2.68. The van der Waals surface area contributed by atoms with Crippen LogP contribution in [-0.2, 0) is 11.2 Å². The SMILES string of the molecule is C=CCOC(CCCCc1ccc(C=C)cc1)c1ccccc1. The fraction of sp³-hybridized carbons (Fsp3) is 0.273. The Morgan fingerprint density at radius 3 is 2.30 bits per heavy atom. The molecule has 2 aromatic carbocycles. The van der Waals surface area contributed by atoms with Gasteiger partial charge in [0.1, 0.15) is 0 Å². The monoisotopic (exact) mass is 306 g/mol. The van der Waals surface area contributed by atoms with Gasteiger partial charge in [0.15, 0.2) is 0 Å². The molecule has 0 aliphatic rings. The van der Waals surface area contributed by atoms with E-state index in [1.807, 2.05) is 18.2 Å². The highest BCUT2D eigenvalue weighted by atomic mass is 16.5. The third-order valence-corrected chi connectivity index (χ3v) is 3.98. The zero-order valence-electron chi connectivity index (χ0n) is 13.8. The van der Waals surface area contributed by atoms with Crippen molar-refractivity contribution in [3.63, 3.8) is 0 Å². The van der Waals surface area contributed by atoms with E-state index in [0.29, 0.717) is 6.61 Å². The van der Waals surface area contributed by atoms with E-state index in [4.69, 9.17) is 4.74 Å². The minimum absolute atomic E-state index is 0.164. The number of aryl methyl sites for hydroxylation is 1. The maximum absolute atomic E-state index is 5.93. The lowest BCUT2D eigenvalue weighted by Crippen LogP contribution is -2.05. The highest BCUT2D eigenvalue weighted by Gasteiger charge is 2.10. The molecule has 0 aromatic heterocycles. The second-order valence-electron chi connectivity index (χ2n) is 5.71. The Balaban J connectivity index is 1.81. The second kappa shape index (κ2) is 9.81. The van der Waals surface area contributed by atoms with Crippen LogP contribution in [0.5, 0.6) is 0 Å². The van der Waals surface area contributed by atoms with Crippen LogP contribution < -0.4 is 0 Å². The Hall–Kier alpha value is -2.12. The van der Waals surface area contributed by atoms with Gasteiger partial charge in [-0.25, -0.2) is 0 Å². The molecule has 0 heterocycles. The molecule has 0 aliphatic carbocycles. The molecular formula is C22H26O. The molecule has 0 fully saturated rings. The molecular weight excluding hydrogens is 280 g/mol. The third-order valence-electron chi connectivity index (χ3n) is 3.98. The number of hydrogen-bond acceptors (Lipinski definition) is 1. The number of ether oxygens (including phenoxy) is 1. The molecule has 2 aromatic rings. The van der Waals surface area contributed by atoms with Crippen molar-refractivity contribution < 1.29 is 4.74 Å². The van der Waals surface area contributed by atoms with Gasteiger partial charge < -0.3 is 4.74 Å². The summed E-state index contributed by atoms with van der Waals surface area (Å²) < 4.78 is 5.93. The molecule has 1 heteroatoms. The lowest BCUT2D eigenvalue weighted by Gasteiger charge is -2.17. The summed E-state index contributed by atoms with van der Waals surface area (Å²) in [5.41, 5.74) is 3.82. The molecule has 1 nitrogen and oxygen atoms in total. The van der Waals surface area contributed by atoms with Crippen LogP contribution in [0.15, 0.2) is 73.8 Å². The normalized spacial score (nSPS) is 11.8. The maximum Gasteiger partial charge on any atom is 0.0829 e. The van der Waals surface area contributed by atoms with E-state index < -0.39 is 0 Å². The van der Waals surface area contributed by atoms with Gasteiger partial charge in [0.05, 0.1) is 12.7 Å². The lowest BCUT2D eigenvalue weighted by molar-refractivity contribution is 0.0656. The lowest BCUT2D eigenvalue weighted by atomic mass is 10.0. The molecule has 0 bridgehead atoms. The topological polar surface area (TPSA) is 9.23 Å². The standard InChI is InChI=1S/C22H26O/c1-3-18-23-22(21-11-6-5-7-12-21)13-9-8-10-20-16-14-19(4-2)15-17-20/h3-7,11-12,14-17,22H,1-2,8-10,13,18H2. The van der Waals surface area contributed by atoms with Gasteiger partial charge in [-0.15, -0.1) is 6.58 Å². The molecule has 0 spiro atoms. The molecule has 23 heavy (non-hydrogen) atoms. The maximum atomic E-state index is 5.93. The van der Waals surface area contributed by atoms with Crippen LogP contribution in [0.25, 0.3) is 6.08 Å². The van der Waals surface area contributed by atoms with Gasteiger partial charge >= 0.3 is 0 Å². The van der Waals surface area contributed by atoms with E-state index in [-0.39, 0.29) is 6.10 Å². The summed E-state index contributed by atoms with van der Waals surface area (Å²) in [7, 11) is 0. The van der Waals surface area contributed by atoms with Gasteiger partial charge in [-0.05, 0) is 36.0 Å². The highest BCUT2D eigenvalue weighted by molar-refractivity contribution is 5.47. The molecule has 0 radical (unpaired) electrons. The summed E-state index contributed by atoms with van der Waals surface area (Å²) in [6.07, 6.45) is 8.34. The predicted octanol–water partition coefficient (Wildman–Crippen LogP) is 5.99. The number of rotatable bonds is 10. The predicted molar refractivity (Wildman–Crippen MR) is 99.4 cm³/mol. The van der Waals surface area contributed by atoms with Crippen LogP contribution in [0.3, 0.4) is 0 Å². The van der Waals surface area contributed by atoms with Crippen LogP contribution in [0.4, 0.5) is 0 Å². The molecule has 0 amide bonds. The largest absolute Gasteiger partial charge is 0.369 e. The van der Waals surface area contributed by atoms with Gasteiger partial charge in [0, 0.05) is 0 Å². The minimum atomic E-state index is 0.164. The van der Waals surface area contributed by atoms with E-state index in [1.54, 1.807) is 0 Å².